The van der Waals surface area contributed by atoms with Crippen LogP contribution in [0, 0.1) is 6.92 Å². The number of halogens is 3. The number of nitrogens with zero attached hydrogens (tertiary/aromatic N) is 2. The normalized spacial score (nSPS) is 21.3. The first-order valence-electron chi connectivity index (χ1n) is 7.30. The molecule has 1 aliphatic rings. The summed E-state index contributed by atoms with van der Waals surface area (Å²) >= 11 is 0. The fourth-order valence-corrected chi connectivity index (χ4v) is 2.44. The van der Waals surface area contributed by atoms with Gasteiger partial charge in [-0.3, -0.25) is 4.79 Å². The van der Waals surface area contributed by atoms with Gasteiger partial charge in [0, 0.05) is 31.1 Å². The lowest BCUT2D eigenvalue weighted by Gasteiger charge is -2.44. The van der Waals surface area contributed by atoms with E-state index in [9.17, 15) is 18.0 Å². The van der Waals surface area contributed by atoms with E-state index in [0.29, 0.717) is 17.5 Å². The maximum atomic E-state index is 13.4. The third kappa shape index (κ3) is 3.10. The number of ether oxygens (including phenoxy) is 1. The molecule has 0 aliphatic carbocycles. The number of carbonyl (C=O) groups is 1. The molecule has 1 atom stereocenters. The minimum atomic E-state index is -4.57. The number of benzene rings is 1. The lowest BCUT2D eigenvalue weighted by atomic mass is 9.82. The third-order valence-corrected chi connectivity index (χ3v) is 4.08. The van der Waals surface area contributed by atoms with Crippen LogP contribution in [0.2, 0.25) is 0 Å². The number of aryl methyl sites for hydroxylation is 1. The van der Waals surface area contributed by atoms with Crippen molar-refractivity contribution in [3.8, 4) is 0 Å². The molecule has 1 saturated heterocycles. The molecule has 0 bridgehead atoms. The Kier molecular flexibility index (Phi) is 4.79. The van der Waals surface area contributed by atoms with Crippen LogP contribution in [-0.2, 0) is 10.3 Å². The maximum Gasteiger partial charge on any atom is 0.421 e. The molecule has 0 radical (unpaired) electrons. The van der Waals surface area contributed by atoms with Gasteiger partial charge in [-0.25, -0.2) is 4.99 Å². The fourth-order valence-electron chi connectivity index (χ4n) is 2.44. The first-order chi connectivity index (χ1) is 10.7. The van der Waals surface area contributed by atoms with Gasteiger partial charge in [0.1, 0.15) is 0 Å². The van der Waals surface area contributed by atoms with Crippen molar-refractivity contribution in [2.75, 3.05) is 20.2 Å². The van der Waals surface area contributed by atoms with Crippen LogP contribution in [0.4, 0.5) is 18.9 Å². The smallest absolute Gasteiger partial charge is 0.366 e. The zero-order chi connectivity index (χ0) is 17.3. The Balaban J connectivity index is 2.49. The van der Waals surface area contributed by atoms with Crippen LogP contribution in [0.5, 0.6) is 0 Å². The lowest BCUT2D eigenvalue weighted by Crippen LogP contribution is -2.53. The molecule has 0 amide bonds. The minimum Gasteiger partial charge on any atom is -0.366 e. The SMILES string of the molecule is CCN(C)C=Nc1cc(C=O)c(C2(C(F)(F)F)CCO2)cc1C. The van der Waals surface area contributed by atoms with Crippen LogP contribution in [0.3, 0.4) is 0 Å². The van der Waals surface area contributed by atoms with E-state index >= 15 is 0 Å². The monoisotopic (exact) mass is 328 g/mol. The fraction of sp³-hybridized carbons (Fsp3) is 0.500. The van der Waals surface area contributed by atoms with Gasteiger partial charge < -0.3 is 9.64 Å². The van der Waals surface area contributed by atoms with Crippen molar-refractivity contribution in [1.29, 1.82) is 0 Å². The number of aliphatic imine (C=N–C) groups is 1. The molecule has 0 spiro atoms. The molecule has 1 unspecified atom stereocenters. The first-order valence-corrected chi connectivity index (χ1v) is 7.30. The van der Waals surface area contributed by atoms with Gasteiger partial charge in [-0.1, -0.05) is 0 Å². The quantitative estimate of drug-likeness (QED) is 0.471. The van der Waals surface area contributed by atoms with Crippen LogP contribution in [0.15, 0.2) is 17.1 Å². The second-order valence-corrected chi connectivity index (χ2v) is 5.58. The highest BCUT2D eigenvalue weighted by Gasteiger charge is 2.62. The van der Waals surface area contributed by atoms with Crippen LogP contribution < -0.4 is 0 Å². The average Bonchev–Trinajstić information content (AvgIpc) is 2.43. The molecule has 1 aromatic carbocycles. The van der Waals surface area contributed by atoms with Crippen molar-refractivity contribution in [2.45, 2.75) is 32.0 Å². The predicted octanol–water partition coefficient (Wildman–Crippen LogP) is 3.60. The second kappa shape index (κ2) is 6.31. The summed E-state index contributed by atoms with van der Waals surface area (Å²) < 4.78 is 45.1. The molecule has 1 aliphatic heterocycles. The van der Waals surface area contributed by atoms with Gasteiger partial charge in [-0.05, 0) is 31.5 Å². The van der Waals surface area contributed by atoms with E-state index in [-0.39, 0.29) is 24.2 Å². The average molecular weight is 328 g/mol. The van der Waals surface area contributed by atoms with Gasteiger partial charge in [0.25, 0.3) is 0 Å². The summed E-state index contributed by atoms with van der Waals surface area (Å²) in [5.41, 5.74) is -1.53. The summed E-state index contributed by atoms with van der Waals surface area (Å²) in [7, 11) is 1.83. The Labute approximate surface area is 133 Å². The molecular weight excluding hydrogens is 309 g/mol. The molecule has 0 aromatic heterocycles. The topological polar surface area (TPSA) is 41.9 Å². The van der Waals surface area contributed by atoms with E-state index in [4.69, 9.17) is 4.74 Å². The summed E-state index contributed by atoms with van der Waals surface area (Å²) in [6.07, 6.45) is -2.75. The highest BCUT2D eigenvalue weighted by atomic mass is 19.4. The highest BCUT2D eigenvalue weighted by molar-refractivity contribution is 5.81. The van der Waals surface area contributed by atoms with Gasteiger partial charge in [-0.2, -0.15) is 13.2 Å². The Morgan fingerprint density at radius 1 is 1.43 bits per heavy atom. The predicted molar refractivity (Wildman–Crippen MR) is 81.3 cm³/mol. The number of alkyl halides is 3. The standard InChI is InChI=1S/C16H19F3N2O2/c1-4-21(3)10-20-14-8-12(9-22)13(7-11(14)2)15(5-6-23-15)16(17,18)19/h7-10H,4-6H2,1-3H3. The Morgan fingerprint density at radius 3 is 2.52 bits per heavy atom. The van der Waals surface area contributed by atoms with Crippen molar-refractivity contribution < 1.29 is 22.7 Å². The Morgan fingerprint density at radius 2 is 2.09 bits per heavy atom. The van der Waals surface area contributed by atoms with E-state index in [0.717, 1.165) is 6.54 Å². The van der Waals surface area contributed by atoms with Crippen LogP contribution in [0.1, 0.15) is 34.8 Å². The van der Waals surface area contributed by atoms with Crippen LogP contribution >= 0.6 is 0 Å². The summed E-state index contributed by atoms with van der Waals surface area (Å²) in [4.78, 5) is 17.4. The van der Waals surface area contributed by atoms with E-state index in [1.807, 2.05) is 18.9 Å². The van der Waals surface area contributed by atoms with Gasteiger partial charge in [0.05, 0.1) is 18.6 Å². The van der Waals surface area contributed by atoms with Crippen molar-refractivity contribution in [3.63, 3.8) is 0 Å². The first kappa shape index (κ1) is 17.5. The summed E-state index contributed by atoms with van der Waals surface area (Å²) in [6, 6.07) is 2.74. The third-order valence-electron chi connectivity index (χ3n) is 4.08. The van der Waals surface area contributed by atoms with E-state index < -0.39 is 11.8 Å². The molecule has 1 aromatic rings. The van der Waals surface area contributed by atoms with Crippen molar-refractivity contribution in [1.82, 2.24) is 4.90 Å². The van der Waals surface area contributed by atoms with E-state index in [1.54, 1.807) is 13.3 Å². The summed E-state index contributed by atoms with van der Waals surface area (Å²) in [6.45, 7) is 4.38. The van der Waals surface area contributed by atoms with Gasteiger partial charge in [0.2, 0.25) is 0 Å². The molecule has 2 rings (SSSR count). The maximum absolute atomic E-state index is 13.4. The van der Waals surface area contributed by atoms with Crippen LogP contribution in [0.25, 0.3) is 0 Å². The van der Waals surface area contributed by atoms with E-state index in [1.165, 1.54) is 12.1 Å². The Hall–Kier alpha value is -1.89. The van der Waals surface area contributed by atoms with Gasteiger partial charge in [-0.15, -0.1) is 0 Å². The number of hydrogen-bond acceptors (Lipinski definition) is 3. The van der Waals surface area contributed by atoms with Crippen molar-refractivity contribution >= 4 is 18.3 Å². The molecule has 0 N–H and O–H groups in total. The summed E-state index contributed by atoms with van der Waals surface area (Å²) in [5.74, 6) is 0. The summed E-state index contributed by atoms with van der Waals surface area (Å²) in [5, 5.41) is 0. The molecule has 126 valence electrons. The minimum absolute atomic E-state index is 0.0258. The van der Waals surface area contributed by atoms with Gasteiger partial charge >= 0.3 is 6.18 Å². The molecule has 1 fully saturated rings. The number of aldehydes is 1. The zero-order valence-electron chi connectivity index (χ0n) is 13.3. The molecule has 23 heavy (non-hydrogen) atoms. The largest absolute Gasteiger partial charge is 0.421 e. The molecule has 0 saturated carbocycles. The van der Waals surface area contributed by atoms with Crippen LogP contribution in [-0.4, -0.2) is 43.9 Å². The molecule has 4 nitrogen and oxygen atoms in total. The highest BCUT2D eigenvalue weighted by Crippen LogP contribution is 2.51. The van der Waals surface area contributed by atoms with Crippen molar-refractivity contribution in [2.24, 2.45) is 4.99 Å². The lowest BCUT2D eigenvalue weighted by molar-refractivity contribution is -0.333. The zero-order valence-corrected chi connectivity index (χ0v) is 13.3. The van der Waals surface area contributed by atoms with E-state index in [2.05, 4.69) is 4.99 Å². The van der Waals surface area contributed by atoms with Crippen molar-refractivity contribution in [3.05, 3.63) is 28.8 Å². The number of hydrogen-bond donors (Lipinski definition) is 0. The van der Waals surface area contributed by atoms with Gasteiger partial charge in [0.15, 0.2) is 11.9 Å². The second-order valence-electron chi connectivity index (χ2n) is 5.58. The Bertz CT molecular complexity index is 622. The number of carbonyl (C=O) groups excluding carboxylic acids is 1. The molecule has 7 heteroatoms. The molecular formula is C16H19F3N2O2. The number of rotatable bonds is 5. The molecule has 1 heterocycles.